The summed E-state index contributed by atoms with van der Waals surface area (Å²) in [5.74, 6) is -0.267. The quantitative estimate of drug-likeness (QED) is 0.718. The van der Waals surface area contributed by atoms with Crippen LogP contribution in [0.3, 0.4) is 0 Å². The summed E-state index contributed by atoms with van der Waals surface area (Å²) in [6.07, 6.45) is 4.18. The Bertz CT molecular complexity index is 351. The number of rotatable bonds is 7. The first-order valence-corrected chi connectivity index (χ1v) is 5.57. The van der Waals surface area contributed by atoms with Crippen LogP contribution >= 0.6 is 0 Å². The van der Waals surface area contributed by atoms with E-state index in [9.17, 15) is 4.79 Å². The molecule has 1 N–H and O–H groups in total. The summed E-state index contributed by atoms with van der Waals surface area (Å²) in [5, 5.41) is 7.23. The minimum Gasteiger partial charge on any atom is -0.467 e. The molecule has 0 bridgehead atoms. The van der Waals surface area contributed by atoms with Gasteiger partial charge in [-0.05, 0) is 6.42 Å². The van der Waals surface area contributed by atoms with Crippen LogP contribution in [-0.2, 0) is 20.8 Å². The van der Waals surface area contributed by atoms with Gasteiger partial charge in [-0.25, -0.2) is 4.79 Å². The molecular formula is C11H19N3O3. The van der Waals surface area contributed by atoms with Gasteiger partial charge in [0.1, 0.15) is 6.04 Å². The normalized spacial score (nSPS) is 12.2. The number of hydrogen-bond donors (Lipinski definition) is 1. The Morgan fingerprint density at radius 1 is 1.59 bits per heavy atom. The van der Waals surface area contributed by atoms with Crippen molar-refractivity contribution in [2.75, 3.05) is 26.1 Å². The number of hydrogen-bond acceptors (Lipinski definition) is 5. The van der Waals surface area contributed by atoms with Crippen molar-refractivity contribution in [3.63, 3.8) is 0 Å². The van der Waals surface area contributed by atoms with E-state index in [1.807, 2.05) is 13.1 Å². The van der Waals surface area contributed by atoms with E-state index in [0.29, 0.717) is 19.6 Å². The topological polar surface area (TPSA) is 65.4 Å². The minimum atomic E-state index is -0.333. The van der Waals surface area contributed by atoms with Crippen LogP contribution in [0, 0.1) is 0 Å². The Morgan fingerprint density at radius 3 is 2.94 bits per heavy atom. The van der Waals surface area contributed by atoms with E-state index in [2.05, 4.69) is 10.4 Å². The van der Waals surface area contributed by atoms with Gasteiger partial charge in [0, 0.05) is 13.3 Å². The second-order valence-electron chi connectivity index (χ2n) is 3.61. The molecule has 0 aliphatic heterocycles. The summed E-state index contributed by atoms with van der Waals surface area (Å²) in [5.41, 5.74) is 0.804. The minimum absolute atomic E-state index is 0.267. The molecule has 1 rings (SSSR count). The highest BCUT2D eigenvalue weighted by Gasteiger charge is 2.16. The van der Waals surface area contributed by atoms with E-state index in [0.717, 1.165) is 5.69 Å². The van der Waals surface area contributed by atoms with Crippen molar-refractivity contribution in [2.24, 2.45) is 0 Å². The lowest BCUT2D eigenvalue weighted by molar-refractivity contribution is -0.141. The zero-order valence-corrected chi connectivity index (χ0v) is 10.5. The van der Waals surface area contributed by atoms with Crippen LogP contribution in [0.1, 0.15) is 13.3 Å². The number of carbonyl (C=O) groups is 1. The van der Waals surface area contributed by atoms with Gasteiger partial charge in [0.15, 0.2) is 0 Å². The van der Waals surface area contributed by atoms with Gasteiger partial charge in [-0.1, -0.05) is 6.92 Å². The van der Waals surface area contributed by atoms with Gasteiger partial charge >= 0.3 is 5.97 Å². The summed E-state index contributed by atoms with van der Waals surface area (Å²) in [4.78, 5) is 11.4. The van der Waals surface area contributed by atoms with Gasteiger partial charge in [-0.2, -0.15) is 5.10 Å². The maximum atomic E-state index is 11.4. The molecule has 6 nitrogen and oxygen atoms in total. The van der Waals surface area contributed by atoms with Gasteiger partial charge in [-0.3, -0.25) is 4.68 Å². The largest absolute Gasteiger partial charge is 0.467 e. The number of ether oxygens (including phenoxy) is 2. The molecule has 1 aromatic rings. The number of nitrogens with zero attached hydrogens (tertiary/aromatic N) is 2. The van der Waals surface area contributed by atoms with Gasteiger partial charge in [0.25, 0.3) is 0 Å². The summed E-state index contributed by atoms with van der Waals surface area (Å²) in [7, 11) is 3.03. The van der Waals surface area contributed by atoms with E-state index in [-0.39, 0.29) is 12.0 Å². The molecule has 0 aliphatic rings. The van der Waals surface area contributed by atoms with Gasteiger partial charge in [0.05, 0.1) is 32.1 Å². The Kier molecular flexibility index (Phi) is 5.48. The molecule has 17 heavy (non-hydrogen) atoms. The highest BCUT2D eigenvalue weighted by Crippen LogP contribution is 2.09. The highest BCUT2D eigenvalue weighted by molar-refractivity contribution is 5.78. The fourth-order valence-corrected chi connectivity index (χ4v) is 1.42. The zero-order chi connectivity index (χ0) is 12.7. The third-order valence-corrected chi connectivity index (χ3v) is 2.39. The monoisotopic (exact) mass is 241 g/mol. The molecule has 0 saturated carbocycles. The molecule has 0 aliphatic carbocycles. The molecule has 0 saturated heterocycles. The lowest BCUT2D eigenvalue weighted by atomic mass is 10.2. The van der Waals surface area contributed by atoms with Crippen LogP contribution in [0.25, 0.3) is 0 Å². The fourth-order valence-electron chi connectivity index (χ4n) is 1.42. The smallest absolute Gasteiger partial charge is 0.328 e. The Morgan fingerprint density at radius 2 is 2.35 bits per heavy atom. The van der Waals surface area contributed by atoms with Gasteiger partial charge < -0.3 is 14.8 Å². The lowest BCUT2D eigenvalue weighted by Crippen LogP contribution is -2.29. The van der Waals surface area contributed by atoms with Crippen molar-refractivity contribution in [2.45, 2.75) is 25.9 Å². The van der Waals surface area contributed by atoms with Crippen molar-refractivity contribution in [3.8, 4) is 0 Å². The molecule has 1 unspecified atom stereocenters. The number of esters is 1. The average molecular weight is 241 g/mol. The number of carbonyl (C=O) groups excluding carboxylic acids is 1. The molecule has 1 atom stereocenters. The molecule has 1 aromatic heterocycles. The first-order valence-electron chi connectivity index (χ1n) is 5.57. The summed E-state index contributed by atoms with van der Waals surface area (Å²) in [6.45, 7) is 3.21. The first kappa shape index (κ1) is 13.5. The van der Waals surface area contributed by atoms with Crippen LogP contribution in [0.15, 0.2) is 12.4 Å². The Hall–Kier alpha value is -1.56. The molecule has 0 aromatic carbocycles. The van der Waals surface area contributed by atoms with Crippen LogP contribution in [0.5, 0.6) is 0 Å². The van der Waals surface area contributed by atoms with Crippen LogP contribution in [0.4, 0.5) is 5.69 Å². The second-order valence-corrected chi connectivity index (χ2v) is 3.61. The average Bonchev–Trinajstić information content (AvgIpc) is 2.80. The summed E-state index contributed by atoms with van der Waals surface area (Å²) >= 11 is 0. The lowest BCUT2D eigenvalue weighted by Gasteiger charge is -2.13. The molecular weight excluding hydrogens is 222 g/mol. The van der Waals surface area contributed by atoms with Crippen molar-refractivity contribution in [1.29, 1.82) is 0 Å². The van der Waals surface area contributed by atoms with Gasteiger partial charge in [-0.15, -0.1) is 0 Å². The molecule has 1 heterocycles. The van der Waals surface area contributed by atoms with Crippen molar-refractivity contribution < 1.29 is 14.3 Å². The second kappa shape index (κ2) is 6.90. The van der Waals surface area contributed by atoms with Crippen LogP contribution in [-0.4, -0.2) is 42.6 Å². The fraction of sp³-hybridized carbons (Fsp3) is 0.636. The van der Waals surface area contributed by atoms with Crippen molar-refractivity contribution in [3.05, 3.63) is 12.4 Å². The highest BCUT2D eigenvalue weighted by atomic mass is 16.5. The van der Waals surface area contributed by atoms with Crippen LogP contribution < -0.4 is 5.32 Å². The standard InChI is InChI=1S/C11H19N3O3/c1-4-10(11(15)17-3)13-9-7-12-14(8-9)5-6-16-2/h7-8,10,13H,4-6H2,1-3H3. The number of anilines is 1. The molecule has 0 amide bonds. The third-order valence-electron chi connectivity index (χ3n) is 2.39. The summed E-state index contributed by atoms with van der Waals surface area (Å²) in [6, 6.07) is -0.333. The maximum Gasteiger partial charge on any atom is 0.328 e. The predicted molar refractivity (Wildman–Crippen MR) is 63.8 cm³/mol. The van der Waals surface area contributed by atoms with E-state index in [4.69, 9.17) is 9.47 Å². The SMILES string of the molecule is CCC(Nc1cnn(CCOC)c1)C(=O)OC. The van der Waals surface area contributed by atoms with Crippen LogP contribution in [0.2, 0.25) is 0 Å². The third kappa shape index (κ3) is 4.07. The summed E-state index contributed by atoms with van der Waals surface area (Å²) < 4.78 is 11.4. The van der Waals surface area contributed by atoms with E-state index in [1.54, 1.807) is 18.0 Å². The molecule has 0 radical (unpaired) electrons. The number of nitrogens with one attached hydrogen (secondary N) is 1. The zero-order valence-electron chi connectivity index (χ0n) is 10.5. The van der Waals surface area contributed by atoms with E-state index < -0.39 is 0 Å². The Balaban J connectivity index is 2.55. The number of methoxy groups -OCH3 is 2. The van der Waals surface area contributed by atoms with E-state index in [1.165, 1.54) is 7.11 Å². The van der Waals surface area contributed by atoms with Gasteiger partial charge in [0.2, 0.25) is 0 Å². The number of aromatic nitrogens is 2. The first-order chi connectivity index (χ1) is 8.21. The molecule has 0 fully saturated rings. The maximum absolute atomic E-state index is 11.4. The molecule has 6 heteroatoms. The molecule has 96 valence electrons. The van der Waals surface area contributed by atoms with E-state index >= 15 is 0 Å². The molecule has 0 spiro atoms. The van der Waals surface area contributed by atoms with Crippen molar-refractivity contribution >= 4 is 11.7 Å². The van der Waals surface area contributed by atoms with Crippen molar-refractivity contribution in [1.82, 2.24) is 9.78 Å². The Labute approximate surface area is 101 Å². The predicted octanol–water partition coefficient (Wildman–Crippen LogP) is 0.893.